The summed E-state index contributed by atoms with van der Waals surface area (Å²) in [6, 6.07) is 6.82. The molecule has 0 fully saturated rings. The minimum Gasteiger partial charge on any atom is -0.294 e. The second-order valence-electron chi connectivity index (χ2n) is 5.01. The Morgan fingerprint density at radius 3 is 2.68 bits per heavy atom. The summed E-state index contributed by atoms with van der Waals surface area (Å²) in [5.74, 6) is 0.224. The van der Waals surface area contributed by atoms with Crippen molar-refractivity contribution in [3.8, 4) is 0 Å². The van der Waals surface area contributed by atoms with E-state index >= 15 is 0 Å². The van der Waals surface area contributed by atoms with Gasteiger partial charge < -0.3 is 0 Å². The van der Waals surface area contributed by atoms with Gasteiger partial charge in [-0.3, -0.25) is 9.10 Å². The number of nitrogens with zero attached hydrogens (tertiary/aromatic N) is 1. The second-order valence-corrected chi connectivity index (χ2v) is 6.69. The molecule has 1 aliphatic heterocycles. The quantitative estimate of drug-likeness (QED) is 0.911. The molecule has 0 aromatic heterocycles. The number of ketones is 1. The van der Waals surface area contributed by atoms with E-state index in [1.807, 2.05) is 13.8 Å². The van der Waals surface area contributed by atoms with E-state index in [-0.39, 0.29) is 24.7 Å². The van der Waals surface area contributed by atoms with Gasteiger partial charge in [0.15, 0.2) is 5.78 Å². The van der Waals surface area contributed by atoms with Crippen LogP contribution in [0.4, 0.5) is 5.69 Å². The van der Waals surface area contributed by atoms with Crippen molar-refractivity contribution >= 4 is 21.7 Å². The van der Waals surface area contributed by atoms with E-state index in [2.05, 4.69) is 4.72 Å². The summed E-state index contributed by atoms with van der Waals surface area (Å²) in [5, 5.41) is 0. The summed E-state index contributed by atoms with van der Waals surface area (Å²) in [6.07, 6.45) is 0.222. The molecule has 0 radical (unpaired) electrons. The lowest BCUT2D eigenvalue weighted by Gasteiger charge is -2.29. The molecule has 0 saturated heterocycles. The van der Waals surface area contributed by atoms with Crippen LogP contribution in [0.25, 0.3) is 0 Å². The number of para-hydroxylation sites is 1. The molecule has 0 amide bonds. The topological polar surface area (TPSA) is 66.5 Å². The fourth-order valence-corrected chi connectivity index (χ4v) is 3.43. The van der Waals surface area contributed by atoms with Crippen molar-refractivity contribution in [1.82, 2.24) is 4.72 Å². The van der Waals surface area contributed by atoms with E-state index in [0.717, 1.165) is 0 Å². The third-order valence-corrected chi connectivity index (χ3v) is 4.47. The van der Waals surface area contributed by atoms with Crippen LogP contribution in [0.3, 0.4) is 0 Å². The number of hydrogen-bond donors (Lipinski definition) is 1. The van der Waals surface area contributed by atoms with E-state index in [1.54, 1.807) is 24.3 Å². The zero-order valence-corrected chi connectivity index (χ0v) is 11.9. The van der Waals surface area contributed by atoms with Crippen molar-refractivity contribution < 1.29 is 13.2 Å². The van der Waals surface area contributed by atoms with Crippen molar-refractivity contribution in [3.63, 3.8) is 0 Å². The Morgan fingerprint density at radius 1 is 1.32 bits per heavy atom. The highest BCUT2D eigenvalue weighted by Crippen LogP contribution is 2.28. The van der Waals surface area contributed by atoms with E-state index in [4.69, 9.17) is 0 Å². The first-order chi connectivity index (χ1) is 8.92. The van der Waals surface area contributed by atoms with Crippen LogP contribution in [0.2, 0.25) is 0 Å². The third kappa shape index (κ3) is 2.96. The van der Waals surface area contributed by atoms with Gasteiger partial charge in [0.25, 0.3) is 0 Å². The maximum absolute atomic E-state index is 12.3. The zero-order chi connectivity index (χ0) is 14.0. The van der Waals surface area contributed by atoms with Crippen molar-refractivity contribution in [3.05, 3.63) is 29.8 Å². The largest absolute Gasteiger partial charge is 0.301 e. The maximum atomic E-state index is 12.3. The average molecular weight is 282 g/mol. The van der Waals surface area contributed by atoms with Gasteiger partial charge >= 0.3 is 10.2 Å². The highest BCUT2D eigenvalue weighted by molar-refractivity contribution is 7.90. The molecule has 1 heterocycles. The molecule has 1 aromatic rings. The van der Waals surface area contributed by atoms with Crippen molar-refractivity contribution in [2.24, 2.45) is 5.92 Å². The molecule has 1 aliphatic rings. The van der Waals surface area contributed by atoms with Gasteiger partial charge in [0.2, 0.25) is 0 Å². The van der Waals surface area contributed by atoms with Crippen molar-refractivity contribution in [2.75, 3.05) is 17.4 Å². The summed E-state index contributed by atoms with van der Waals surface area (Å²) in [5.41, 5.74) is 0.943. The molecule has 1 N–H and O–H groups in total. The predicted octanol–water partition coefficient (Wildman–Crippen LogP) is 1.57. The van der Waals surface area contributed by atoms with Crippen LogP contribution in [0, 0.1) is 5.92 Å². The molecule has 1 aromatic carbocycles. The summed E-state index contributed by atoms with van der Waals surface area (Å²) >= 11 is 0. The first kappa shape index (κ1) is 14.0. The van der Waals surface area contributed by atoms with Crippen LogP contribution in [0.5, 0.6) is 0 Å². The molecule has 0 bridgehead atoms. The van der Waals surface area contributed by atoms with Crippen LogP contribution < -0.4 is 9.03 Å². The fourth-order valence-electron chi connectivity index (χ4n) is 1.98. The number of rotatable bonds is 4. The fraction of sp³-hybridized carbons (Fsp3) is 0.462. The minimum absolute atomic E-state index is 0.00842. The maximum Gasteiger partial charge on any atom is 0.301 e. The molecular formula is C13H18N2O3S. The van der Waals surface area contributed by atoms with Crippen molar-refractivity contribution in [1.29, 1.82) is 0 Å². The van der Waals surface area contributed by atoms with Gasteiger partial charge in [-0.2, -0.15) is 13.1 Å². The SMILES string of the molecule is CC(C)CNS(=O)(=O)N1CCC(=O)c2ccccc21. The van der Waals surface area contributed by atoms with Gasteiger partial charge in [0.1, 0.15) is 0 Å². The van der Waals surface area contributed by atoms with Gasteiger partial charge in [-0.15, -0.1) is 0 Å². The van der Waals surface area contributed by atoms with Crippen LogP contribution in [0.15, 0.2) is 24.3 Å². The van der Waals surface area contributed by atoms with Crippen LogP contribution in [0.1, 0.15) is 30.6 Å². The molecule has 0 saturated carbocycles. The van der Waals surface area contributed by atoms with Crippen molar-refractivity contribution in [2.45, 2.75) is 20.3 Å². The lowest BCUT2D eigenvalue weighted by Crippen LogP contribution is -2.45. The number of nitrogens with one attached hydrogen (secondary N) is 1. The summed E-state index contributed by atoms with van der Waals surface area (Å²) < 4.78 is 28.4. The zero-order valence-electron chi connectivity index (χ0n) is 11.1. The van der Waals surface area contributed by atoms with Gasteiger partial charge in [-0.05, 0) is 18.1 Å². The minimum atomic E-state index is -3.58. The number of carbonyl (C=O) groups excluding carboxylic acids is 1. The molecule has 5 nitrogen and oxygen atoms in total. The molecule has 0 unspecified atom stereocenters. The molecular weight excluding hydrogens is 264 g/mol. The number of hydrogen-bond acceptors (Lipinski definition) is 3. The number of anilines is 1. The van der Waals surface area contributed by atoms with Gasteiger partial charge in [-0.25, -0.2) is 0 Å². The van der Waals surface area contributed by atoms with Gasteiger partial charge in [-0.1, -0.05) is 26.0 Å². The second kappa shape index (κ2) is 5.30. The normalized spacial score (nSPS) is 15.7. The Bertz CT molecular complexity index is 581. The predicted molar refractivity (Wildman–Crippen MR) is 74.5 cm³/mol. The monoisotopic (exact) mass is 282 g/mol. The Morgan fingerprint density at radius 2 is 2.00 bits per heavy atom. The van der Waals surface area contributed by atoms with Gasteiger partial charge in [0, 0.05) is 25.1 Å². The number of benzene rings is 1. The summed E-state index contributed by atoms with van der Waals surface area (Å²) in [4.78, 5) is 11.8. The number of carbonyl (C=O) groups is 1. The van der Waals surface area contributed by atoms with E-state index in [0.29, 0.717) is 17.8 Å². The number of Topliss-reactive ketones (excluding diaryl/α,β-unsaturated/α-hetero) is 1. The van der Waals surface area contributed by atoms with E-state index < -0.39 is 10.2 Å². The first-order valence-electron chi connectivity index (χ1n) is 6.31. The molecule has 6 heteroatoms. The molecule has 0 atom stereocenters. The first-order valence-corrected chi connectivity index (χ1v) is 7.75. The Kier molecular flexibility index (Phi) is 3.91. The highest BCUT2D eigenvalue weighted by atomic mass is 32.2. The smallest absolute Gasteiger partial charge is 0.294 e. The number of fused-ring (bicyclic) bond motifs is 1. The van der Waals surface area contributed by atoms with Crippen LogP contribution >= 0.6 is 0 Å². The lowest BCUT2D eigenvalue weighted by atomic mass is 10.0. The Labute approximate surface area is 113 Å². The summed E-state index contributed by atoms with van der Waals surface area (Å²) in [7, 11) is -3.58. The van der Waals surface area contributed by atoms with E-state index in [9.17, 15) is 13.2 Å². The molecule has 19 heavy (non-hydrogen) atoms. The van der Waals surface area contributed by atoms with Crippen LogP contribution in [-0.4, -0.2) is 27.3 Å². The Balaban J connectivity index is 2.32. The Hall–Kier alpha value is -1.40. The van der Waals surface area contributed by atoms with E-state index in [1.165, 1.54) is 4.31 Å². The molecule has 0 spiro atoms. The third-order valence-electron chi connectivity index (χ3n) is 2.98. The molecule has 0 aliphatic carbocycles. The lowest BCUT2D eigenvalue weighted by molar-refractivity contribution is 0.0982. The average Bonchev–Trinajstić information content (AvgIpc) is 2.37. The van der Waals surface area contributed by atoms with Gasteiger partial charge in [0.05, 0.1) is 5.69 Å². The summed E-state index contributed by atoms with van der Waals surface area (Å²) in [6.45, 7) is 4.46. The highest BCUT2D eigenvalue weighted by Gasteiger charge is 2.30. The molecule has 104 valence electrons. The van der Waals surface area contributed by atoms with Crippen LogP contribution in [-0.2, 0) is 10.2 Å². The standard InChI is InChI=1S/C13H18N2O3S/c1-10(2)9-14-19(17,18)15-8-7-13(16)11-5-3-4-6-12(11)15/h3-6,10,14H,7-9H2,1-2H3. The molecule has 2 rings (SSSR count).